The lowest BCUT2D eigenvalue weighted by Crippen LogP contribution is -2.07. The number of benzene rings is 1. The molecule has 0 saturated carbocycles. The second kappa shape index (κ2) is 5.16. The van der Waals surface area contributed by atoms with Gasteiger partial charge in [0.2, 0.25) is 5.95 Å². The van der Waals surface area contributed by atoms with Crippen molar-refractivity contribution in [1.29, 1.82) is 0 Å². The molecule has 5 heteroatoms. The van der Waals surface area contributed by atoms with Gasteiger partial charge < -0.3 is 5.32 Å². The van der Waals surface area contributed by atoms with Crippen molar-refractivity contribution in [2.75, 3.05) is 11.9 Å². The quantitative estimate of drug-likeness (QED) is 0.904. The summed E-state index contributed by atoms with van der Waals surface area (Å²) < 4.78 is 15.5. The number of anilines is 1. The summed E-state index contributed by atoms with van der Waals surface area (Å²) in [6.45, 7) is 7.27. The Labute approximate surface area is 106 Å². The minimum absolute atomic E-state index is 0.219. The van der Waals surface area contributed by atoms with E-state index in [4.69, 9.17) is 0 Å². The topological polar surface area (TPSA) is 42.7 Å². The van der Waals surface area contributed by atoms with E-state index in [1.807, 2.05) is 24.5 Å². The largest absolute Gasteiger partial charge is 0.355 e. The molecular weight excluding hydrogens is 231 g/mol. The predicted molar refractivity (Wildman–Crippen MR) is 70.0 cm³/mol. The highest BCUT2D eigenvalue weighted by Gasteiger charge is 2.12. The molecule has 0 aliphatic rings. The Hall–Kier alpha value is -1.91. The van der Waals surface area contributed by atoms with Gasteiger partial charge in [0.25, 0.3) is 0 Å². The molecule has 0 bridgehead atoms. The molecule has 0 aliphatic heterocycles. The molecule has 18 heavy (non-hydrogen) atoms. The van der Waals surface area contributed by atoms with E-state index in [0.29, 0.717) is 11.4 Å². The first-order valence-electron chi connectivity index (χ1n) is 6.11. The van der Waals surface area contributed by atoms with Crippen LogP contribution in [0, 0.1) is 12.7 Å². The van der Waals surface area contributed by atoms with Crippen molar-refractivity contribution in [3.63, 3.8) is 0 Å². The highest BCUT2D eigenvalue weighted by atomic mass is 19.1. The summed E-state index contributed by atoms with van der Waals surface area (Å²) in [7, 11) is 0. The number of halogens is 1. The van der Waals surface area contributed by atoms with Crippen LogP contribution in [0.15, 0.2) is 18.2 Å². The number of rotatable bonds is 4. The number of hydrogen-bond acceptors (Lipinski definition) is 3. The lowest BCUT2D eigenvalue weighted by atomic mass is 10.1. The van der Waals surface area contributed by atoms with E-state index in [1.54, 1.807) is 13.0 Å². The van der Waals surface area contributed by atoms with Crippen molar-refractivity contribution in [2.24, 2.45) is 0 Å². The van der Waals surface area contributed by atoms with Gasteiger partial charge in [0.15, 0.2) is 5.82 Å². The molecule has 0 unspecified atom stereocenters. The van der Waals surface area contributed by atoms with Crippen molar-refractivity contribution >= 4 is 5.95 Å². The van der Waals surface area contributed by atoms with Gasteiger partial charge in [0, 0.05) is 18.7 Å². The monoisotopic (exact) mass is 248 g/mol. The van der Waals surface area contributed by atoms with Crippen molar-refractivity contribution < 1.29 is 4.39 Å². The minimum atomic E-state index is -0.219. The molecule has 4 nitrogen and oxygen atoms in total. The molecular formula is C13H17FN4. The van der Waals surface area contributed by atoms with Gasteiger partial charge in [-0.1, -0.05) is 12.1 Å². The first-order chi connectivity index (χ1) is 8.67. The molecule has 1 aromatic heterocycles. The normalized spacial score (nSPS) is 10.7. The third-order valence-corrected chi connectivity index (χ3v) is 2.83. The number of aryl methyl sites for hydroxylation is 1. The summed E-state index contributed by atoms with van der Waals surface area (Å²) in [6.07, 6.45) is 0. The minimum Gasteiger partial charge on any atom is -0.355 e. The maximum absolute atomic E-state index is 13.6. The Bertz CT molecular complexity index is 548. The van der Waals surface area contributed by atoms with Crippen molar-refractivity contribution in [3.8, 4) is 11.4 Å². The second-order valence-corrected chi connectivity index (χ2v) is 4.09. The van der Waals surface area contributed by atoms with E-state index < -0.39 is 0 Å². The van der Waals surface area contributed by atoms with Gasteiger partial charge in [-0.25, -0.2) is 4.39 Å². The van der Waals surface area contributed by atoms with Crippen LogP contribution in [0.25, 0.3) is 11.4 Å². The molecule has 0 atom stereocenters. The first kappa shape index (κ1) is 12.5. The molecule has 0 amide bonds. The fourth-order valence-electron chi connectivity index (χ4n) is 1.84. The highest BCUT2D eigenvalue weighted by molar-refractivity contribution is 5.58. The van der Waals surface area contributed by atoms with Crippen molar-refractivity contribution in [2.45, 2.75) is 27.3 Å². The lowest BCUT2D eigenvalue weighted by Gasteiger charge is -2.08. The van der Waals surface area contributed by atoms with E-state index in [9.17, 15) is 4.39 Å². The van der Waals surface area contributed by atoms with Crippen LogP contribution in [-0.4, -0.2) is 21.3 Å². The van der Waals surface area contributed by atoms with Crippen LogP contribution in [0.5, 0.6) is 0 Å². The maximum Gasteiger partial charge on any atom is 0.224 e. The fourth-order valence-corrected chi connectivity index (χ4v) is 1.84. The zero-order chi connectivity index (χ0) is 13.1. The summed E-state index contributed by atoms with van der Waals surface area (Å²) >= 11 is 0. The van der Waals surface area contributed by atoms with Gasteiger partial charge in [-0.3, -0.25) is 4.57 Å². The molecule has 2 aromatic rings. The molecule has 0 fully saturated rings. The molecule has 1 heterocycles. The van der Waals surface area contributed by atoms with Gasteiger partial charge >= 0.3 is 0 Å². The number of aromatic nitrogens is 3. The van der Waals surface area contributed by atoms with E-state index in [0.717, 1.165) is 24.6 Å². The molecule has 0 saturated heterocycles. The second-order valence-electron chi connectivity index (χ2n) is 4.09. The highest BCUT2D eigenvalue weighted by Crippen LogP contribution is 2.22. The van der Waals surface area contributed by atoms with Gasteiger partial charge in [-0.05, 0) is 32.4 Å². The van der Waals surface area contributed by atoms with E-state index in [2.05, 4.69) is 15.5 Å². The molecule has 0 aliphatic carbocycles. The van der Waals surface area contributed by atoms with Crippen LogP contribution < -0.4 is 5.32 Å². The summed E-state index contributed by atoms with van der Waals surface area (Å²) in [5, 5.41) is 11.4. The summed E-state index contributed by atoms with van der Waals surface area (Å²) in [4.78, 5) is 0. The summed E-state index contributed by atoms with van der Waals surface area (Å²) in [5.41, 5.74) is 1.38. The third-order valence-electron chi connectivity index (χ3n) is 2.83. The predicted octanol–water partition coefficient (Wildman–Crippen LogP) is 2.84. The van der Waals surface area contributed by atoms with Crippen molar-refractivity contribution in [1.82, 2.24) is 14.8 Å². The number of hydrogen-bond donors (Lipinski definition) is 1. The Morgan fingerprint density at radius 1 is 1.28 bits per heavy atom. The van der Waals surface area contributed by atoms with Crippen LogP contribution in [0.3, 0.4) is 0 Å². The average Bonchev–Trinajstić information content (AvgIpc) is 2.76. The average molecular weight is 248 g/mol. The van der Waals surface area contributed by atoms with Gasteiger partial charge in [-0.2, -0.15) is 0 Å². The van der Waals surface area contributed by atoms with E-state index in [1.165, 1.54) is 6.07 Å². The number of nitrogens with zero attached hydrogens (tertiary/aromatic N) is 3. The molecule has 0 spiro atoms. The molecule has 0 radical (unpaired) electrons. The van der Waals surface area contributed by atoms with Crippen LogP contribution in [0.2, 0.25) is 0 Å². The first-order valence-corrected chi connectivity index (χ1v) is 6.11. The van der Waals surface area contributed by atoms with Crippen LogP contribution >= 0.6 is 0 Å². The Balaban J connectivity index is 2.46. The molecule has 96 valence electrons. The molecule has 2 rings (SSSR count). The van der Waals surface area contributed by atoms with Gasteiger partial charge in [0.1, 0.15) is 5.82 Å². The zero-order valence-corrected chi connectivity index (χ0v) is 10.9. The maximum atomic E-state index is 13.6. The lowest BCUT2D eigenvalue weighted by molar-refractivity contribution is 0.618. The van der Waals surface area contributed by atoms with Gasteiger partial charge in [0.05, 0.1) is 0 Å². The summed E-state index contributed by atoms with van der Waals surface area (Å²) in [5.74, 6) is 1.19. The van der Waals surface area contributed by atoms with Crippen LogP contribution in [0.4, 0.5) is 10.3 Å². The van der Waals surface area contributed by atoms with Gasteiger partial charge in [-0.15, -0.1) is 10.2 Å². The van der Waals surface area contributed by atoms with E-state index >= 15 is 0 Å². The smallest absolute Gasteiger partial charge is 0.224 e. The van der Waals surface area contributed by atoms with E-state index in [-0.39, 0.29) is 5.82 Å². The standard InChI is InChI=1S/C13H17FN4/c1-4-15-13-17-16-12(18(13)5-2)10-7-6-9(3)11(14)8-10/h6-8H,4-5H2,1-3H3,(H,15,17). The SMILES string of the molecule is CCNc1nnc(-c2ccc(C)c(F)c2)n1CC. The summed E-state index contributed by atoms with van der Waals surface area (Å²) in [6, 6.07) is 5.12. The van der Waals surface area contributed by atoms with Crippen molar-refractivity contribution in [3.05, 3.63) is 29.6 Å². The zero-order valence-electron chi connectivity index (χ0n) is 10.9. The Morgan fingerprint density at radius 3 is 2.67 bits per heavy atom. The number of nitrogens with one attached hydrogen (secondary N) is 1. The molecule has 1 N–H and O–H groups in total. The molecule has 1 aromatic carbocycles. The van der Waals surface area contributed by atoms with Crippen LogP contribution in [-0.2, 0) is 6.54 Å². The Morgan fingerprint density at radius 2 is 2.06 bits per heavy atom. The van der Waals surface area contributed by atoms with Crippen LogP contribution in [0.1, 0.15) is 19.4 Å². The fraction of sp³-hybridized carbons (Fsp3) is 0.385. The third kappa shape index (κ3) is 2.20. The Kier molecular flexibility index (Phi) is 3.60.